The number of aromatic hydroxyl groups is 1. The lowest BCUT2D eigenvalue weighted by Crippen LogP contribution is -2.12. The number of nitrogens with two attached hydrogens (primary N) is 1. The fraction of sp³-hybridized carbons (Fsp3) is 0.111. The Balaban J connectivity index is 2.13. The molecular weight excluding hydrogens is 306 g/mol. The molecule has 2 rings (SSSR count). The quantitative estimate of drug-likeness (QED) is 0.559. The van der Waals surface area contributed by atoms with E-state index in [9.17, 15) is 9.90 Å². The van der Waals surface area contributed by atoms with Crippen LogP contribution >= 0.6 is 0 Å². The molecule has 0 heterocycles. The van der Waals surface area contributed by atoms with Crippen molar-refractivity contribution >= 4 is 11.7 Å². The highest BCUT2D eigenvalue weighted by atomic mass is 16.5. The number of phenols is 1. The van der Waals surface area contributed by atoms with Crippen LogP contribution in [-0.2, 0) is 6.61 Å². The molecule has 2 aromatic carbocycles. The van der Waals surface area contributed by atoms with Gasteiger partial charge in [-0.05, 0) is 30.0 Å². The van der Waals surface area contributed by atoms with Crippen molar-refractivity contribution < 1.29 is 14.6 Å². The molecule has 0 aliphatic carbocycles. The molecule has 0 aliphatic heterocycles. The monoisotopic (exact) mass is 325 g/mol. The third-order valence-corrected chi connectivity index (χ3v) is 3.04. The van der Waals surface area contributed by atoms with Crippen molar-refractivity contribution in [3.05, 3.63) is 71.9 Å². The summed E-state index contributed by atoms with van der Waals surface area (Å²) in [5.41, 5.74) is 6.79. The second-order valence-electron chi connectivity index (χ2n) is 4.95. The van der Waals surface area contributed by atoms with E-state index >= 15 is 0 Å². The molecule has 0 saturated carbocycles. The van der Waals surface area contributed by atoms with Crippen molar-refractivity contribution in [2.75, 3.05) is 7.05 Å². The molecule has 0 fully saturated rings. The molecule has 0 spiro atoms. The zero-order valence-corrected chi connectivity index (χ0v) is 13.3. The lowest BCUT2D eigenvalue weighted by molar-refractivity contribution is 0.100. The second-order valence-corrected chi connectivity index (χ2v) is 4.95. The topological polar surface area (TPSA) is 96.9 Å². The highest BCUT2D eigenvalue weighted by Gasteiger charge is 2.09. The van der Waals surface area contributed by atoms with E-state index in [0.717, 1.165) is 5.56 Å². The summed E-state index contributed by atoms with van der Waals surface area (Å²) in [6.07, 6.45) is 3.02. The van der Waals surface area contributed by atoms with E-state index in [4.69, 9.17) is 10.5 Å². The molecule has 0 aliphatic rings. The largest absolute Gasteiger partial charge is 0.508 e. The summed E-state index contributed by atoms with van der Waals surface area (Å²) in [6.45, 7) is 0.328. The van der Waals surface area contributed by atoms with E-state index in [2.05, 4.69) is 10.3 Å². The first kappa shape index (κ1) is 17.1. The molecule has 0 atom stereocenters. The van der Waals surface area contributed by atoms with Crippen molar-refractivity contribution in [1.29, 1.82) is 0 Å². The van der Waals surface area contributed by atoms with Crippen molar-refractivity contribution in [2.45, 2.75) is 6.61 Å². The van der Waals surface area contributed by atoms with Gasteiger partial charge in [0.15, 0.2) is 0 Å². The predicted octanol–water partition coefficient (Wildman–Crippen LogP) is 2.20. The summed E-state index contributed by atoms with van der Waals surface area (Å²) in [5, 5.41) is 12.5. The molecule has 6 heteroatoms. The van der Waals surface area contributed by atoms with Crippen LogP contribution in [0.25, 0.3) is 0 Å². The molecule has 1 amide bonds. The first-order valence-electron chi connectivity index (χ1n) is 7.31. The number of rotatable bonds is 6. The second kappa shape index (κ2) is 8.38. The molecule has 0 aromatic heterocycles. The number of phenolic OH excluding ortho intramolecular Hbond substituents is 1. The molecule has 0 radical (unpaired) electrons. The molecular formula is C18H19N3O3. The first-order chi connectivity index (χ1) is 11.6. The lowest BCUT2D eigenvalue weighted by Gasteiger charge is -2.08. The van der Waals surface area contributed by atoms with Crippen LogP contribution in [0.1, 0.15) is 15.9 Å². The van der Waals surface area contributed by atoms with Crippen LogP contribution in [0, 0.1) is 0 Å². The maximum atomic E-state index is 12.1. The van der Waals surface area contributed by atoms with Gasteiger partial charge >= 0.3 is 0 Å². The molecule has 0 unspecified atom stereocenters. The Morgan fingerprint density at radius 2 is 2.04 bits per heavy atom. The number of aliphatic imine (C=N–C) groups is 1. The predicted molar refractivity (Wildman–Crippen MR) is 93.0 cm³/mol. The highest BCUT2D eigenvalue weighted by molar-refractivity contribution is 6.06. The molecule has 0 saturated heterocycles. The van der Waals surface area contributed by atoms with Gasteiger partial charge in [0.2, 0.25) is 0 Å². The number of nitrogens with one attached hydrogen (secondary N) is 1. The van der Waals surface area contributed by atoms with E-state index in [1.807, 2.05) is 30.3 Å². The first-order valence-corrected chi connectivity index (χ1v) is 7.31. The maximum absolute atomic E-state index is 12.1. The van der Waals surface area contributed by atoms with Gasteiger partial charge in [0.05, 0.1) is 0 Å². The van der Waals surface area contributed by atoms with Gasteiger partial charge in [0.25, 0.3) is 5.91 Å². The Bertz CT molecular complexity index is 755. The summed E-state index contributed by atoms with van der Waals surface area (Å²) >= 11 is 0. The lowest BCUT2D eigenvalue weighted by atomic mass is 10.2. The van der Waals surface area contributed by atoms with E-state index in [1.54, 1.807) is 13.2 Å². The highest BCUT2D eigenvalue weighted by Crippen LogP contribution is 2.23. The number of carbonyl (C=O) groups is 1. The van der Waals surface area contributed by atoms with Gasteiger partial charge in [-0.15, -0.1) is 0 Å². The number of ether oxygens (including phenoxy) is 1. The van der Waals surface area contributed by atoms with E-state index in [0.29, 0.717) is 12.4 Å². The Labute approximate surface area is 140 Å². The summed E-state index contributed by atoms with van der Waals surface area (Å²) in [6, 6.07) is 13.9. The van der Waals surface area contributed by atoms with Gasteiger partial charge in [-0.1, -0.05) is 30.3 Å². The van der Waals surface area contributed by atoms with Crippen LogP contribution in [0.4, 0.5) is 0 Å². The van der Waals surface area contributed by atoms with Crippen molar-refractivity contribution in [3.8, 4) is 11.5 Å². The summed E-state index contributed by atoms with van der Waals surface area (Å²) in [7, 11) is 1.71. The average Bonchev–Trinajstić information content (AvgIpc) is 2.58. The van der Waals surface area contributed by atoms with Crippen molar-refractivity contribution in [3.63, 3.8) is 0 Å². The maximum Gasteiger partial charge on any atom is 0.279 e. The zero-order valence-electron chi connectivity index (χ0n) is 13.3. The minimum atomic E-state index is -0.561. The van der Waals surface area contributed by atoms with Gasteiger partial charge in [-0.2, -0.15) is 4.99 Å². The van der Waals surface area contributed by atoms with E-state index in [1.165, 1.54) is 24.3 Å². The summed E-state index contributed by atoms with van der Waals surface area (Å²) < 4.78 is 5.62. The third-order valence-electron chi connectivity index (χ3n) is 3.04. The molecule has 124 valence electrons. The summed E-state index contributed by atoms with van der Waals surface area (Å²) in [5.74, 6) is -0.205. The molecule has 6 nitrogen and oxygen atoms in total. The number of benzene rings is 2. The molecule has 2 aromatic rings. The Morgan fingerprint density at radius 3 is 2.75 bits per heavy atom. The average molecular weight is 325 g/mol. The number of nitrogens with zero attached hydrogens (tertiary/aromatic N) is 1. The van der Waals surface area contributed by atoms with Crippen molar-refractivity contribution in [1.82, 2.24) is 5.32 Å². The van der Waals surface area contributed by atoms with Gasteiger partial charge in [-0.25, -0.2) is 0 Å². The third kappa shape index (κ3) is 5.17. The summed E-state index contributed by atoms with van der Waals surface area (Å²) in [4.78, 5) is 15.9. The Kier molecular flexibility index (Phi) is 5.96. The number of carbonyl (C=O) groups excluding carboxylic acids is 1. The number of amidine groups is 1. The Hall–Kier alpha value is -3.28. The van der Waals surface area contributed by atoms with Gasteiger partial charge in [0.1, 0.15) is 23.9 Å². The standard InChI is InChI=1S/C18H19N3O3/c1-20-8-7-17(19)21-18(23)14-9-15(22)11-16(10-14)24-12-13-5-3-2-4-6-13/h2-11,20,22H,12H2,1H3,(H2,19,21,23)/b8-7-. The molecule has 0 bridgehead atoms. The van der Waals surface area contributed by atoms with Crippen molar-refractivity contribution in [2.24, 2.45) is 10.7 Å². The minimum Gasteiger partial charge on any atom is -0.508 e. The van der Waals surface area contributed by atoms with Crippen LogP contribution < -0.4 is 15.8 Å². The number of hydrogen-bond donors (Lipinski definition) is 3. The van der Waals surface area contributed by atoms with Crippen LogP contribution in [0.15, 0.2) is 65.8 Å². The van der Waals surface area contributed by atoms with Crippen LogP contribution in [-0.4, -0.2) is 23.9 Å². The number of hydrogen-bond acceptors (Lipinski definition) is 4. The van der Waals surface area contributed by atoms with Gasteiger partial charge < -0.3 is 20.9 Å². The van der Waals surface area contributed by atoms with Gasteiger partial charge in [-0.3, -0.25) is 4.79 Å². The molecule has 24 heavy (non-hydrogen) atoms. The van der Waals surface area contributed by atoms with Gasteiger partial charge in [0, 0.05) is 18.7 Å². The van der Waals surface area contributed by atoms with E-state index in [-0.39, 0.29) is 17.1 Å². The number of amides is 1. The normalized spacial score (nSPS) is 11.5. The van der Waals surface area contributed by atoms with Crippen LogP contribution in [0.3, 0.4) is 0 Å². The van der Waals surface area contributed by atoms with E-state index < -0.39 is 5.91 Å². The fourth-order valence-corrected chi connectivity index (χ4v) is 1.92. The van der Waals surface area contributed by atoms with Crippen LogP contribution in [0.2, 0.25) is 0 Å². The smallest absolute Gasteiger partial charge is 0.279 e. The molecule has 4 N–H and O–H groups in total. The van der Waals surface area contributed by atoms with Crippen LogP contribution in [0.5, 0.6) is 11.5 Å². The zero-order chi connectivity index (χ0) is 17.4. The fourth-order valence-electron chi connectivity index (χ4n) is 1.92. The SMILES string of the molecule is CN/C=C\C(N)=NC(=O)c1cc(O)cc(OCc2ccccc2)c1. The minimum absolute atomic E-state index is 0.0597. The Morgan fingerprint density at radius 1 is 1.29 bits per heavy atom.